The van der Waals surface area contributed by atoms with Crippen molar-refractivity contribution in [1.29, 1.82) is 0 Å². The van der Waals surface area contributed by atoms with Crippen LogP contribution in [-0.2, 0) is 0 Å². The number of aromatic nitrogens is 2. The summed E-state index contributed by atoms with van der Waals surface area (Å²) in [5, 5.41) is 15.1. The third kappa shape index (κ3) is 3.84. The van der Waals surface area contributed by atoms with E-state index in [0.717, 1.165) is 11.5 Å². The standard InChI is InChI=1S/C14H12FN3O2S/c1-9-13(21-18-17-9)14(20)16-12-6-5-11(15)8-10(12)4-2-3-7-19/h5-6,8,19H,3,7H2,1H3,(H,16,20). The lowest BCUT2D eigenvalue weighted by Gasteiger charge is -2.06. The summed E-state index contributed by atoms with van der Waals surface area (Å²) in [5.41, 5.74) is 1.29. The van der Waals surface area contributed by atoms with Crippen molar-refractivity contribution in [2.75, 3.05) is 11.9 Å². The summed E-state index contributed by atoms with van der Waals surface area (Å²) >= 11 is 0.991. The number of aryl methyl sites for hydroxylation is 1. The summed E-state index contributed by atoms with van der Waals surface area (Å²) in [7, 11) is 0. The predicted molar refractivity (Wildman–Crippen MR) is 77.6 cm³/mol. The monoisotopic (exact) mass is 305 g/mol. The first-order chi connectivity index (χ1) is 10.1. The SMILES string of the molecule is Cc1nnsc1C(=O)Nc1ccc(F)cc1C#CCCO. The molecule has 0 radical (unpaired) electrons. The van der Waals surface area contributed by atoms with Gasteiger partial charge in [-0.3, -0.25) is 4.79 Å². The van der Waals surface area contributed by atoms with Gasteiger partial charge in [-0.2, -0.15) is 0 Å². The fourth-order valence-electron chi connectivity index (χ4n) is 1.56. The van der Waals surface area contributed by atoms with Crippen LogP contribution in [0.25, 0.3) is 0 Å². The number of benzene rings is 1. The van der Waals surface area contributed by atoms with Gasteiger partial charge in [0.25, 0.3) is 5.91 Å². The van der Waals surface area contributed by atoms with Gasteiger partial charge in [-0.05, 0) is 36.7 Å². The van der Waals surface area contributed by atoms with Crippen molar-refractivity contribution in [3.05, 3.63) is 40.2 Å². The topological polar surface area (TPSA) is 75.1 Å². The molecule has 1 aromatic heterocycles. The van der Waals surface area contributed by atoms with Gasteiger partial charge in [-0.1, -0.05) is 16.3 Å². The maximum absolute atomic E-state index is 13.3. The Kier molecular flexibility index (Phi) is 4.98. The zero-order chi connectivity index (χ0) is 15.2. The van der Waals surface area contributed by atoms with Crippen LogP contribution in [0.3, 0.4) is 0 Å². The molecule has 2 N–H and O–H groups in total. The first-order valence-corrected chi connectivity index (χ1v) is 6.88. The quantitative estimate of drug-likeness (QED) is 0.850. The summed E-state index contributed by atoms with van der Waals surface area (Å²) in [5.74, 6) is 4.62. The molecule has 1 amide bonds. The largest absolute Gasteiger partial charge is 0.395 e. The Labute approximate surface area is 125 Å². The number of amides is 1. The molecule has 0 aliphatic rings. The molecular formula is C14H12FN3O2S. The predicted octanol–water partition coefficient (Wildman–Crippen LogP) is 1.97. The highest BCUT2D eigenvalue weighted by atomic mass is 32.1. The van der Waals surface area contributed by atoms with Crippen molar-refractivity contribution in [2.24, 2.45) is 0 Å². The Morgan fingerprint density at radius 2 is 2.33 bits per heavy atom. The lowest BCUT2D eigenvalue weighted by atomic mass is 10.1. The molecule has 2 rings (SSSR count). The van der Waals surface area contributed by atoms with E-state index >= 15 is 0 Å². The van der Waals surface area contributed by atoms with Gasteiger partial charge >= 0.3 is 0 Å². The second-order valence-corrected chi connectivity index (χ2v) is 4.86. The van der Waals surface area contributed by atoms with Gasteiger partial charge in [0.15, 0.2) is 0 Å². The number of carbonyl (C=O) groups excluding carboxylic acids is 1. The van der Waals surface area contributed by atoms with E-state index in [1.807, 2.05) is 0 Å². The number of nitrogens with one attached hydrogen (secondary N) is 1. The molecule has 1 aromatic carbocycles. The van der Waals surface area contributed by atoms with E-state index in [0.29, 0.717) is 21.8 Å². The van der Waals surface area contributed by atoms with Gasteiger partial charge in [-0.15, -0.1) is 5.10 Å². The average Bonchev–Trinajstić information content (AvgIpc) is 2.88. The Bertz CT molecular complexity index is 718. The molecule has 0 aliphatic heterocycles. The number of nitrogens with zero attached hydrogens (tertiary/aromatic N) is 2. The molecule has 0 fully saturated rings. The highest BCUT2D eigenvalue weighted by Crippen LogP contribution is 2.19. The minimum Gasteiger partial charge on any atom is -0.395 e. The van der Waals surface area contributed by atoms with Crippen LogP contribution in [0.4, 0.5) is 10.1 Å². The molecule has 0 saturated heterocycles. The molecule has 108 valence electrons. The Morgan fingerprint density at radius 1 is 1.52 bits per heavy atom. The van der Waals surface area contributed by atoms with Crippen molar-refractivity contribution >= 4 is 23.1 Å². The molecule has 2 aromatic rings. The van der Waals surface area contributed by atoms with Crippen LogP contribution >= 0.6 is 11.5 Å². The lowest BCUT2D eigenvalue weighted by Crippen LogP contribution is -2.12. The molecule has 0 bridgehead atoms. The van der Waals surface area contributed by atoms with Crippen LogP contribution in [0.1, 0.15) is 27.3 Å². The van der Waals surface area contributed by atoms with Crippen molar-refractivity contribution in [3.63, 3.8) is 0 Å². The van der Waals surface area contributed by atoms with Crippen LogP contribution < -0.4 is 5.32 Å². The number of hydrogen-bond acceptors (Lipinski definition) is 5. The number of aliphatic hydroxyl groups is 1. The Balaban J connectivity index is 2.26. The minimum absolute atomic E-state index is 0.0737. The van der Waals surface area contributed by atoms with E-state index in [-0.39, 0.29) is 18.9 Å². The van der Waals surface area contributed by atoms with Gasteiger partial charge < -0.3 is 10.4 Å². The fraction of sp³-hybridized carbons (Fsp3) is 0.214. The molecule has 0 unspecified atom stereocenters. The fourth-order valence-corrected chi connectivity index (χ4v) is 2.11. The summed E-state index contributed by atoms with van der Waals surface area (Å²) in [6.07, 6.45) is 0.280. The van der Waals surface area contributed by atoms with E-state index in [9.17, 15) is 9.18 Å². The molecule has 0 aliphatic carbocycles. The molecule has 21 heavy (non-hydrogen) atoms. The summed E-state index contributed by atoms with van der Waals surface area (Å²) in [4.78, 5) is 12.5. The lowest BCUT2D eigenvalue weighted by molar-refractivity contribution is 0.102. The molecule has 0 saturated carbocycles. The normalized spacial score (nSPS) is 9.86. The molecular weight excluding hydrogens is 293 g/mol. The van der Waals surface area contributed by atoms with E-state index < -0.39 is 5.82 Å². The second-order valence-electron chi connectivity index (χ2n) is 4.11. The third-order valence-electron chi connectivity index (χ3n) is 2.55. The average molecular weight is 305 g/mol. The van der Waals surface area contributed by atoms with Crippen LogP contribution in [0, 0.1) is 24.6 Å². The molecule has 7 heteroatoms. The number of aliphatic hydroxyl groups excluding tert-OH is 1. The van der Waals surface area contributed by atoms with E-state index in [4.69, 9.17) is 5.11 Å². The van der Waals surface area contributed by atoms with Crippen LogP contribution in [-0.4, -0.2) is 27.2 Å². The molecule has 0 atom stereocenters. The maximum Gasteiger partial charge on any atom is 0.269 e. The van der Waals surface area contributed by atoms with Gasteiger partial charge in [0, 0.05) is 6.42 Å². The maximum atomic E-state index is 13.3. The highest BCUT2D eigenvalue weighted by Gasteiger charge is 2.14. The number of rotatable bonds is 3. The first kappa shape index (κ1) is 15.1. The zero-order valence-electron chi connectivity index (χ0n) is 11.2. The van der Waals surface area contributed by atoms with E-state index in [1.165, 1.54) is 18.2 Å². The van der Waals surface area contributed by atoms with Crippen molar-refractivity contribution in [2.45, 2.75) is 13.3 Å². The van der Waals surface area contributed by atoms with Crippen LogP contribution in [0.2, 0.25) is 0 Å². The first-order valence-electron chi connectivity index (χ1n) is 6.11. The molecule has 0 spiro atoms. The van der Waals surface area contributed by atoms with Gasteiger partial charge in [0.2, 0.25) is 0 Å². The Morgan fingerprint density at radius 3 is 3.00 bits per heavy atom. The minimum atomic E-state index is -0.447. The summed E-state index contributed by atoms with van der Waals surface area (Å²) in [6, 6.07) is 3.92. The van der Waals surface area contributed by atoms with Crippen molar-refractivity contribution < 1.29 is 14.3 Å². The van der Waals surface area contributed by atoms with Crippen molar-refractivity contribution in [3.8, 4) is 11.8 Å². The van der Waals surface area contributed by atoms with Crippen LogP contribution in [0.15, 0.2) is 18.2 Å². The Hall–Kier alpha value is -2.30. The van der Waals surface area contributed by atoms with E-state index in [2.05, 4.69) is 26.7 Å². The smallest absolute Gasteiger partial charge is 0.269 e. The number of carbonyl (C=O) groups is 1. The van der Waals surface area contributed by atoms with Crippen LogP contribution in [0.5, 0.6) is 0 Å². The van der Waals surface area contributed by atoms with E-state index in [1.54, 1.807) is 6.92 Å². The molecule has 1 heterocycles. The second kappa shape index (κ2) is 6.92. The molecule has 5 nitrogen and oxygen atoms in total. The number of anilines is 1. The van der Waals surface area contributed by atoms with Crippen molar-refractivity contribution in [1.82, 2.24) is 9.59 Å². The highest BCUT2D eigenvalue weighted by molar-refractivity contribution is 7.08. The third-order valence-corrected chi connectivity index (χ3v) is 3.37. The number of halogens is 1. The van der Waals surface area contributed by atoms with Gasteiger partial charge in [-0.25, -0.2) is 4.39 Å². The number of hydrogen-bond donors (Lipinski definition) is 2. The summed E-state index contributed by atoms with van der Waals surface area (Å²) < 4.78 is 17.0. The van der Waals surface area contributed by atoms with Gasteiger partial charge in [0.1, 0.15) is 10.7 Å². The van der Waals surface area contributed by atoms with Gasteiger partial charge in [0.05, 0.1) is 23.6 Å². The summed E-state index contributed by atoms with van der Waals surface area (Å²) in [6.45, 7) is 1.61. The zero-order valence-corrected chi connectivity index (χ0v) is 12.0.